The Labute approximate surface area is 110 Å². The molecule has 1 aromatic heterocycles. The van der Waals surface area contributed by atoms with Gasteiger partial charge in [-0.2, -0.15) is 0 Å². The minimum atomic E-state index is 0.591. The Morgan fingerprint density at radius 3 is 2.22 bits per heavy atom. The van der Waals surface area contributed by atoms with Crippen LogP contribution >= 0.6 is 0 Å². The van der Waals surface area contributed by atoms with Crippen molar-refractivity contribution >= 4 is 11.6 Å². The molecule has 0 radical (unpaired) electrons. The van der Waals surface area contributed by atoms with Crippen LogP contribution in [0.3, 0.4) is 0 Å². The lowest BCUT2D eigenvalue weighted by atomic mass is 10.3. The zero-order valence-corrected chi connectivity index (χ0v) is 12.2. The monoisotopic (exact) mass is 249 g/mol. The lowest BCUT2D eigenvalue weighted by Crippen LogP contribution is -2.35. The number of anilines is 1. The van der Waals surface area contributed by atoms with Gasteiger partial charge in [0, 0.05) is 54.2 Å². The van der Waals surface area contributed by atoms with Crippen LogP contribution in [0.25, 0.3) is 0 Å². The number of pyridine rings is 1. The SMILES string of the molecule is CN(C)C(=NCc1cc(N(C)C)ccn1)N(C)C. The summed E-state index contributed by atoms with van der Waals surface area (Å²) in [4.78, 5) is 15.0. The summed E-state index contributed by atoms with van der Waals surface area (Å²) < 4.78 is 0. The summed E-state index contributed by atoms with van der Waals surface area (Å²) in [7, 11) is 12.0. The van der Waals surface area contributed by atoms with Crippen molar-refractivity contribution in [1.29, 1.82) is 0 Å². The Hall–Kier alpha value is -1.78. The summed E-state index contributed by atoms with van der Waals surface area (Å²) in [5.74, 6) is 0.937. The molecule has 1 rings (SSSR count). The van der Waals surface area contributed by atoms with E-state index in [-0.39, 0.29) is 0 Å². The molecule has 1 aromatic rings. The predicted octanol–water partition coefficient (Wildman–Crippen LogP) is 1.13. The third kappa shape index (κ3) is 3.91. The van der Waals surface area contributed by atoms with Crippen molar-refractivity contribution in [3.63, 3.8) is 0 Å². The van der Waals surface area contributed by atoms with Crippen LogP contribution in [-0.4, -0.2) is 63.0 Å². The second kappa shape index (κ2) is 6.23. The first-order valence-corrected chi connectivity index (χ1v) is 5.93. The molecule has 5 nitrogen and oxygen atoms in total. The van der Waals surface area contributed by atoms with Crippen LogP contribution in [0.4, 0.5) is 5.69 Å². The van der Waals surface area contributed by atoms with Crippen molar-refractivity contribution in [2.75, 3.05) is 47.2 Å². The van der Waals surface area contributed by atoms with Crippen LogP contribution in [0.2, 0.25) is 0 Å². The fraction of sp³-hybridized carbons (Fsp3) is 0.538. The van der Waals surface area contributed by atoms with E-state index in [2.05, 4.69) is 20.9 Å². The zero-order valence-electron chi connectivity index (χ0n) is 12.2. The lowest BCUT2D eigenvalue weighted by Gasteiger charge is -2.22. The number of nitrogens with zero attached hydrogens (tertiary/aromatic N) is 5. The van der Waals surface area contributed by atoms with Crippen LogP contribution in [0.5, 0.6) is 0 Å². The molecular weight excluding hydrogens is 226 g/mol. The molecule has 0 spiro atoms. The molecule has 0 unspecified atom stereocenters. The molecule has 0 aliphatic heterocycles. The number of hydrogen-bond donors (Lipinski definition) is 0. The third-order valence-electron chi connectivity index (χ3n) is 2.50. The number of hydrogen-bond acceptors (Lipinski definition) is 3. The highest BCUT2D eigenvalue weighted by atomic mass is 15.3. The lowest BCUT2D eigenvalue weighted by molar-refractivity contribution is 0.479. The third-order valence-corrected chi connectivity index (χ3v) is 2.50. The molecule has 0 aromatic carbocycles. The molecule has 0 amide bonds. The van der Waals surface area contributed by atoms with E-state index in [0.717, 1.165) is 17.3 Å². The maximum Gasteiger partial charge on any atom is 0.195 e. The Morgan fingerprint density at radius 2 is 1.72 bits per heavy atom. The zero-order chi connectivity index (χ0) is 13.7. The molecule has 0 N–H and O–H groups in total. The highest BCUT2D eigenvalue weighted by Crippen LogP contribution is 2.11. The van der Waals surface area contributed by atoms with Crippen LogP contribution in [0.15, 0.2) is 23.3 Å². The first kappa shape index (κ1) is 14.3. The van der Waals surface area contributed by atoms with Gasteiger partial charge in [-0.1, -0.05) is 0 Å². The molecule has 100 valence electrons. The summed E-state index contributed by atoms with van der Waals surface area (Å²) in [6, 6.07) is 4.05. The highest BCUT2D eigenvalue weighted by molar-refractivity contribution is 5.79. The fourth-order valence-corrected chi connectivity index (χ4v) is 1.66. The second-order valence-corrected chi connectivity index (χ2v) is 4.80. The molecule has 1 heterocycles. The summed E-state index contributed by atoms with van der Waals surface area (Å²) in [6.07, 6.45) is 1.82. The van der Waals surface area contributed by atoms with Crippen molar-refractivity contribution in [2.45, 2.75) is 6.54 Å². The summed E-state index contributed by atoms with van der Waals surface area (Å²) in [6.45, 7) is 0.591. The van der Waals surface area contributed by atoms with Gasteiger partial charge in [0.25, 0.3) is 0 Å². The van der Waals surface area contributed by atoms with Crippen molar-refractivity contribution in [2.24, 2.45) is 4.99 Å². The van der Waals surface area contributed by atoms with Gasteiger partial charge in [0.2, 0.25) is 0 Å². The first-order chi connectivity index (χ1) is 8.41. The molecule has 0 bridgehead atoms. The average Bonchev–Trinajstić information content (AvgIpc) is 2.28. The quantitative estimate of drug-likeness (QED) is 0.594. The maximum atomic E-state index is 4.58. The standard InChI is InChI=1S/C13H23N5/c1-16(2)12-7-8-14-11(9-12)10-15-13(17(3)4)18(5)6/h7-9H,10H2,1-6H3. The van der Waals surface area contributed by atoms with E-state index in [1.54, 1.807) is 0 Å². The number of aromatic nitrogens is 1. The van der Waals surface area contributed by atoms with Gasteiger partial charge in [-0.15, -0.1) is 0 Å². The van der Waals surface area contributed by atoms with Gasteiger partial charge in [0.05, 0.1) is 12.2 Å². The van der Waals surface area contributed by atoms with E-state index in [1.807, 2.05) is 64.3 Å². The Bertz CT molecular complexity index is 400. The van der Waals surface area contributed by atoms with Crippen LogP contribution < -0.4 is 4.90 Å². The van der Waals surface area contributed by atoms with Crippen LogP contribution in [0.1, 0.15) is 5.69 Å². The summed E-state index contributed by atoms with van der Waals surface area (Å²) in [5, 5.41) is 0. The first-order valence-electron chi connectivity index (χ1n) is 5.93. The number of rotatable bonds is 3. The van der Waals surface area contributed by atoms with E-state index in [1.165, 1.54) is 0 Å². The van der Waals surface area contributed by atoms with E-state index in [9.17, 15) is 0 Å². The van der Waals surface area contributed by atoms with Crippen LogP contribution in [-0.2, 0) is 6.54 Å². The summed E-state index contributed by atoms with van der Waals surface area (Å²) in [5.41, 5.74) is 2.12. The van der Waals surface area contributed by atoms with Crippen molar-refractivity contribution in [3.05, 3.63) is 24.0 Å². The molecule has 0 atom stereocenters. The largest absolute Gasteiger partial charge is 0.378 e. The topological polar surface area (TPSA) is 35.0 Å². The number of guanidine groups is 1. The van der Waals surface area contributed by atoms with E-state index < -0.39 is 0 Å². The van der Waals surface area contributed by atoms with E-state index in [4.69, 9.17) is 0 Å². The fourth-order valence-electron chi connectivity index (χ4n) is 1.66. The minimum Gasteiger partial charge on any atom is -0.378 e. The van der Waals surface area contributed by atoms with Crippen LogP contribution in [0, 0.1) is 0 Å². The van der Waals surface area contributed by atoms with Gasteiger partial charge in [-0.05, 0) is 12.1 Å². The van der Waals surface area contributed by atoms with Gasteiger partial charge < -0.3 is 14.7 Å². The Kier molecular flexibility index (Phi) is 4.95. The molecule has 0 fully saturated rings. The van der Waals surface area contributed by atoms with E-state index >= 15 is 0 Å². The van der Waals surface area contributed by atoms with Gasteiger partial charge in [0.15, 0.2) is 5.96 Å². The van der Waals surface area contributed by atoms with Crippen molar-refractivity contribution < 1.29 is 0 Å². The molecule has 0 saturated carbocycles. The molecule has 0 aliphatic carbocycles. The molecule has 0 saturated heterocycles. The normalized spacial score (nSPS) is 9.89. The minimum absolute atomic E-state index is 0.591. The second-order valence-electron chi connectivity index (χ2n) is 4.80. The molecule has 0 aliphatic rings. The predicted molar refractivity (Wildman–Crippen MR) is 77.1 cm³/mol. The van der Waals surface area contributed by atoms with Gasteiger partial charge in [-0.25, -0.2) is 4.99 Å². The van der Waals surface area contributed by atoms with Gasteiger partial charge in [-0.3, -0.25) is 4.98 Å². The summed E-state index contributed by atoms with van der Waals surface area (Å²) >= 11 is 0. The Morgan fingerprint density at radius 1 is 1.11 bits per heavy atom. The van der Waals surface area contributed by atoms with Crippen molar-refractivity contribution in [1.82, 2.24) is 14.8 Å². The smallest absolute Gasteiger partial charge is 0.195 e. The number of aliphatic imine (C=N–C) groups is 1. The molecule has 18 heavy (non-hydrogen) atoms. The highest BCUT2D eigenvalue weighted by Gasteiger charge is 2.04. The average molecular weight is 249 g/mol. The van der Waals surface area contributed by atoms with Gasteiger partial charge >= 0.3 is 0 Å². The Balaban J connectivity index is 2.84. The van der Waals surface area contributed by atoms with Gasteiger partial charge in [0.1, 0.15) is 0 Å². The van der Waals surface area contributed by atoms with E-state index in [0.29, 0.717) is 6.54 Å². The molecule has 5 heteroatoms. The molecular formula is C13H23N5. The maximum absolute atomic E-state index is 4.58. The van der Waals surface area contributed by atoms with Crippen molar-refractivity contribution in [3.8, 4) is 0 Å².